The summed E-state index contributed by atoms with van der Waals surface area (Å²) in [6.45, 7) is 4.23. The number of aliphatic hydroxyl groups is 1. The van der Waals surface area contributed by atoms with Crippen LogP contribution in [0.4, 0.5) is 0 Å². The van der Waals surface area contributed by atoms with Gasteiger partial charge in [-0.1, -0.05) is 18.6 Å². The number of hydrogen-bond donors (Lipinski definition) is 1. The lowest BCUT2D eigenvalue weighted by molar-refractivity contribution is -0.139. The average Bonchev–Trinajstić information content (AvgIpc) is 2.93. The summed E-state index contributed by atoms with van der Waals surface area (Å²) in [5.41, 5.74) is 2.10. The van der Waals surface area contributed by atoms with Crippen LogP contribution in [0.3, 0.4) is 0 Å². The van der Waals surface area contributed by atoms with E-state index in [0.29, 0.717) is 24.3 Å². The molecule has 0 radical (unpaired) electrons. The van der Waals surface area contributed by atoms with Gasteiger partial charge in [-0.15, -0.1) is 0 Å². The zero-order chi connectivity index (χ0) is 19.6. The molecule has 3 rings (SSSR count). The highest BCUT2D eigenvalue weighted by Crippen LogP contribution is 2.40. The number of rotatable bonds is 5. The maximum absolute atomic E-state index is 12.8. The van der Waals surface area contributed by atoms with E-state index in [9.17, 15) is 14.7 Å². The Balaban J connectivity index is 2.24. The second kappa shape index (κ2) is 7.61. The first-order chi connectivity index (χ1) is 13.0. The molecule has 1 unspecified atom stereocenters. The molecule has 1 aromatic heterocycles. The number of pyridine rings is 1. The number of aryl methyl sites for hydroxylation is 1. The summed E-state index contributed by atoms with van der Waals surface area (Å²) in [7, 11) is 1.50. The van der Waals surface area contributed by atoms with Crippen molar-refractivity contribution in [2.45, 2.75) is 26.3 Å². The monoisotopic (exact) mass is 366 g/mol. The standard InChI is InChI=1S/C21H22N2O4/c1-4-11-23-18(14-7-9-22-10-8-14)17(20(25)21(23)26)19(24)15-12-13(2)5-6-16(15)27-3/h5-10,12,18,24H,4,11H2,1-3H3/b19-17+. The molecule has 0 bridgehead atoms. The minimum atomic E-state index is -0.689. The Kier molecular flexibility index (Phi) is 5.26. The predicted octanol–water partition coefficient (Wildman–Crippen LogP) is 3.23. The van der Waals surface area contributed by atoms with Crippen molar-refractivity contribution >= 4 is 17.4 Å². The molecule has 0 spiro atoms. The molecule has 0 aliphatic carbocycles. The number of nitrogens with zero attached hydrogens (tertiary/aromatic N) is 2. The van der Waals surface area contributed by atoms with Crippen LogP contribution in [-0.4, -0.2) is 40.3 Å². The van der Waals surface area contributed by atoms with Gasteiger partial charge in [0.1, 0.15) is 11.5 Å². The maximum Gasteiger partial charge on any atom is 0.295 e. The van der Waals surface area contributed by atoms with Crippen molar-refractivity contribution in [3.05, 3.63) is 65.0 Å². The van der Waals surface area contributed by atoms with Gasteiger partial charge in [0, 0.05) is 18.9 Å². The number of aromatic nitrogens is 1. The molecule has 1 saturated heterocycles. The van der Waals surface area contributed by atoms with Crippen molar-refractivity contribution in [1.29, 1.82) is 0 Å². The molecule has 6 heteroatoms. The van der Waals surface area contributed by atoms with Crippen molar-refractivity contribution in [2.75, 3.05) is 13.7 Å². The Morgan fingerprint density at radius 2 is 1.93 bits per heavy atom. The first-order valence-electron chi connectivity index (χ1n) is 8.83. The summed E-state index contributed by atoms with van der Waals surface area (Å²) in [5, 5.41) is 11.0. The van der Waals surface area contributed by atoms with Crippen LogP contribution in [-0.2, 0) is 9.59 Å². The number of likely N-dealkylation sites (tertiary alicyclic amines) is 1. The Morgan fingerprint density at radius 1 is 1.22 bits per heavy atom. The summed E-state index contributed by atoms with van der Waals surface area (Å²) >= 11 is 0. The van der Waals surface area contributed by atoms with E-state index in [4.69, 9.17) is 4.74 Å². The number of benzene rings is 1. The summed E-state index contributed by atoms with van der Waals surface area (Å²) in [6.07, 6.45) is 3.91. The molecule has 1 N–H and O–H groups in total. The van der Waals surface area contributed by atoms with E-state index in [0.717, 1.165) is 11.1 Å². The lowest BCUT2D eigenvalue weighted by Crippen LogP contribution is -2.30. The minimum absolute atomic E-state index is 0.0727. The molecule has 1 aliphatic rings. The van der Waals surface area contributed by atoms with Crippen LogP contribution < -0.4 is 4.74 Å². The van der Waals surface area contributed by atoms with Gasteiger partial charge < -0.3 is 14.7 Å². The highest BCUT2D eigenvalue weighted by Gasteiger charge is 2.45. The van der Waals surface area contributed by atoms with Gasteiger partial charge in [-0.3, -0.25) is 14.6 Å². The van der Waals surface area contributed by atoms with Crippen molar-refractivity contribution in [1.82, 2.24) is 9.88 Å². The van der Waals surface area contributed by atoms with Gasteiger partial charge in [-0.2, -0.15) is 0 Å². The quantitative estimate of drug-likeness (QED) is 0.499. The largest absolute Gasteiger partial charge is 0.507 e. The van der Waals surface area contributed by atoms with Crippen molar-refractivity contribution in [3.63, 3.8) is 0 Å². The van der Waals surface area contributed by atoms with Crippen molar-refractivity contribution < 1.29 is 19.4 Å². The van der Waals surface area contributed by atoms with Gasteiger partial charge in [-0.05, 0) is 43.2 Å². The van der Waals surface area contributed by atoms with E-state index in [1.54, 1.807) is 36.7 Å². The minimum Gasteiger partial charge on any atom is -0.507 e. The van der Waals surface area contributed by atoms with Crippen LogP contribution in [0.5, 0.6) is 5.75 Å². The maximum atomic E-state index is 12.8. The number of hydrogen-bond acceptors (Lipinski definition) is 5. The van der Waals surface area contributed by atoms with Crippen LogP contribution in [0.15, 0.2) is 48.3 Å². The van der Waals surface area contributed by atoms with Gasteiger partial charge in [0.15, 0.2) is 0 Å². The molecule has 1 atom stereocenters. The number of carbonyl (C=O) groups excluding carboxylic acids is 2. The molecule has 1 aromatic carbocycles. The van der Waals surface area contributed by atoms with E-state index in [1.165, 1.54) is 12.0 Å². The normalized spacial score (nSPS) is 18.8. The van der Waals surface area contributed by atoms with Crippen molar-refractivity contribution in [3.8, 4) is 5.75 Å². The smallest absolute Gasteiger partial charge is 0.295 e. The molecule has 27 heavy (non-hydrogen) atoms. The number of ether oxygens (including phenoxy) is 1. The summed E-state index contributed by atoms with van der Waals surface area (Å²) < 4.78 is 5.34. The molecule has 1 amide bonds. The summed E-state index contributed by atoms with van der Waals surface area (Å²) in [4.78, 5) is 31.0. The number of methoxy groups -OCH3 is 1. The number of amides is 1. The Hall–Kier alpha value is -3.15. The first kappa shape index (κ1) is 18.6. The molecular weight excluding hydrogens is 344 g/mol. The molecule has 2 aromatic rings. The third-order valence-electron chi connectivity index (χ3n) is 4.64. The zero-order valence-electron chi connectivity index (χ0n) is 15.6. The van der Waals surface area contributed by atoms with Gasteiger partial charge in [-0.25, -0.2) is 0 Å². The highest BCUT2D eigenvalue weighted by molar-refractivity contribution is 6.46. The zero-order valence-corrected chi connectivity index (χ0v) is 15.6. The highest BCUT2D eigenvalue weighted by atomic mass is 16.5. The fraction of sp³-hybridized carbons (Fsp3) is 0.286. The van der Waals surface area contributed by atoms with Crippen LogP contribution in [0.1, 0.15) is 36.1 Å². The van der Waals surface area contributed by atoms with Gasteiger partial charge in [0.2, 0.25) is 0 Å². The van der Waals surface area contributed by atoms with Gasteiger partial charge >= 0.3 is 0 Å². The molecule has 140 valence electrons. The number of carbonyl (C=O) groups is 2. The molecule has 1 fully saturated rings. The van der Waals surface area contributed by atoms with E-state index in [-0.39, 0.29) is 11.3 Å². The molecule has 2 heterocycles. The summed E-state index contributed by atoms with van der Waals surface area (Å²) in [6, 6.07) is 8.17. The molecular formula is C21H22N2O4. The second-order valence-electron chi connectivity index (χ2n) is 6.48. The lowest BCUT2D eigenvalue weighted by atomic mass is 9.95. The fourth-order valence-electron chi connectivity index (χ4n) is 3.40. The van der Waals surface area contributed by atoms with Crippen LogP contribution in [0, 0.1) is 6.92 Å². The second-order valence-corrected chi connectivity index (χ2v) is 6.48. The van der Waals surface area contributed by atoms with E-state index in [1.807, 2.05) is 19.9 Å². The topological polar surface area (TPSA) is 79.7 Å². The number of ketones is 1. The lowest BCUT2D eigenvalue weighted by Gasteiger charge is -2.24. The molecule has 1 aliphatic heterocycles. The van der Waals surface area contributed by atoms with E-state index in [2.05, 4.69) is 4.98 Å². The Labute approximate surface area is 158 Å². The molecule has 6 nitrogen and oxygen atoms in total. The number of Topliss-reactive ketones (excluding diaryl/α,β-unsaturated/α-hetero) is 1. The van der Waals surface area contributed by atoms with Crippen LogP contribution in [0.2, 0.25) is 0 Å². The average molecular weight is 366 g/mol. The number of aliphatic hydroxyl groups excluding tert-OH is 1. The SMILES string of the molecule is CCCN1C(=O)C(=O)/C(=C(/O)c2cc(C)ccc2OC)C1c1ccncc1. The van der Waals surface area contributed by atoms with Crippen molar-refractivity contribution in [2.24, 2.45) is 0 Å². The first-order valence-corrected chi connectivity index (χ1v) is 8.83. The van der Waals surface area contributed by atoms with Crippen LogP contribution in [0.25, 0.3) is 5.76 Å². The third-order valence-corrected chi connectivity index (χ3v) is 4.64. The third kappa shape index (κ3) is 3.30. The van der Waals surface area contributed by atoms with E-state index >= 15 is 0 Å². The van der Waals surface area contributed by atoms with Gasteiger partial charge in [0.25, 0.3) is 11.7 Å². The van der Waals surface area contributed by atoms with E-state index < -0.39 is 17.7 Å². The van der Waals surface area contributed by atoms with Crippen LogP contribution >= 0.6 is 0 Å². The Bertz CT molecular complexity index is 906. The summed E-state index contributed by atoms with van der Waals surface area (Å²) in [5.74, 6) is -1.08. The van der Waals surface area contributed by atoms with Gasteiger partial charge in [0.05, 0.1) is 24.3 Å². The predicted molar refractivity (Wildman–Crippen MR) is 101 cm³/mol. The fourth-order valence-corrected chi connectivity index (χ4v) is 3.40. The molecule has 0 saturated carbocycles. The Morgan fingerprint density at radius 3 is 2.56 bits per heavy atom.